The van der Waals surface area contributed by atoms with Gasteiger partial charge in [-0.1, -0.05) is 12.6 Å². The molecule has 12 heteroatoms. The first-order chi connectivity index (χ1) is 15.8. The Morgan fingerprint density at radius 3 is 2.44 bits per heavy atom. The Morgan fingerprint density at radius 1 is 1.09 bits per heavy atom. The third kappa shape index (κ3) is 6.69. The molecule has 3 rings (SSSR count). The lowest BCUT2D eigenvalue weighted by molar-refractivity contribution is -0.219. The first kappa shape index (κ1) is 25.5. The van der Waals surface area contributed by atoms with Crippen molar-refractivity contribution in [1.82, 2.24) is 15.6 Å². The molecule has 0 unspecified atom stereocenters. The van der Waals surface area contributed by atoms with Crippen LogP contribution in [0.25, 0.3) is 10.9 Å². The zero-order valence-corrected chi connectivity index (χ0v) is 17.7. The number of hydrogen-bond acceptors (Lipinski definition) is 4. The number of carbonyl (C=O) groups is 2. The maximum absolute atomic E-state index is 12.8. The lowest BCUT2D eigenvalue weighted by Crippen LogP contribution is -2.42. The molecule has 1 fully saturated rings. The standard InChI is InChI=1S/C22H21F6N3O3/c1-12(30-19(32)11-34-16-9-15(10-16)22(26,27)28)6-7-29-20(33)18-4-2-13-8-14(21(23,24)25)3-5-17(13)31-18/h2-5,8,15-16H,1,6-7,9-11H2,(H,29,33)(H,30,32). The summed E-state index contributed by atoms with van der Waals surface area (Å²) >= 11 is 0. The van der Waals surface area contributed by atoms with Crippen molar-refractivity contribution in [1.29, 1.82) is 0 Å². The predicted molar refractivity (Wildman–Crippen MR) is 109 cm³/mol. The lowest BCUT2D eigenvalue weighted by Gasteiger charge is -2.35. The number of fused-ring (bicyclic) bond motifs is 1. The first-order valence-electron chi connectivity index (χ1n) is 10.2. The highest BCUT2D eigenvalue weighted by atomic mass is 19.4. The minimum Gasteiger partial charge on any atom is -0.368 e. The quantitative estimate of drug-likeness (QED) is 0.540. The Morgan fingerprint density at radius 2 is 1.79 bits per heavy atom. The second-order valence-electron chi connectivity index (χ2n) is 7.90. The number of alkyl halides is 6. The number of amides is 2. The second-order valence-corrected chi connectivity index (χ2v) is 7.90. The fraction of sp³-hybridized carbons (Fsp3) is 0.409. The summed E-state index contributed by atoms with van der Waals surface area (Å²) in [6, 6.07) is 5.68. The molecule has 1 aliphatic carbocycles. The average Bonchev–Trinajstić information content (AvgIpc) is 2.70. The van der Waals surface area contributed by atoms with E-state index in [-0.39, 0.29) is 48.1 Å². The summed E-state index contributed by atoms with van der Waals surface area (Å²) < 4.78 is 80.8. The van der Waals surface area contributed by atoms with Crippen molar-refractivity contribution in [3.05, 3.63) is 53.9 Å². The van der Waals surface area contributed by atoms with Crippen LogP contribution in [0, 0.1) is 5.92 Å². The number of pyridine rings is 1. The molecule has 34 heavy (non-hydrogen) atoms. The Bertz CT molecular complexity index is 1080. The maximum atomic E-state index is 12.8. The number of rotatable bonds is 8. The molecule has 0 spiro atoms. The molecule has 0 bridgehead atoms. The number of nitrogens with one attached hydrogen (secondary N) is 2. The van der Waals surface area contributed by atoms with Gasteiger partial charge in [-0.3, -0.25) is 9.59 Å². The molecule has 0 aliphatic heterocycles. The Kier molecular flexibility index (Phi) is 7.49. The SMILES string of the molecule is C=C(CCNC(=O)c1ccc2cc(C(F)(F)F)ccc2n1)NC(=O)COC1CC(C(F)(F)F)C1. The van der Waals surface area contributed by atoms with Crippen LogP contribution < -0.4 is 10.6 Å². The smallest absolute Gasteiger partial charge is 0.368 e. The molecule has 1 aromatic carbocycles. The highest BCUT2D eigenvalue weighted by Gasteiger charge is 2.48. The van der Waals surface area contributed by atoms with Gasteiger partial charge < -0.3 is 15.4 Å². The number of ether oxygens (including phenoxy) is 1. The molecule has 0 saturated heterocycles. The van der Waals surface area contributed by atoms with Crippen LogP contribution in [0.2, 0.25) is 0 Å². The number of hydrogen-bond donors (Lipinski definition) is 2. The van der Waals surface area contributed by atoms with E-state index in [0.29, 0.717) is 0 Å². The van der Waals surface area contributed by atoms with Gasteiger partial charge in [0.15, 0.2) is 0 Å². The Balaban J connectivity index is 1.39. The largest absolute Gasteiger partial charge is 0.416 e. The minimum absolute atomic E-state index is 0.00738. The lowest BCUT2D eigenvalue weighted by atomic mass is 9.82. The van der Waals surface area contributed by atoms with E-state index in [2.05, 4.69) is 22.2 Å². The van der Waals surface area contributed by atoms with Gasteiger partial charge in [0.25, 0.3) is 5.91 Å². The van der Waals surface area contributed by atoms with Gasteiger partial charge in [0, 0.05) is 24.0 Å². The summed E-state index contributed by atoms with van der Waals surface area (Å²) in [5, 5.41) is 5.24. The van der Waals surface area contributed by atoms with Crippen LogP contribution in [0.15, 0.2) is 42.6 Å². The number of carbonyl (C=O) groups excluding carboxylic acids is 2. The molecule has 1 heterocycles. The van der Waals surface area contributed by atoms with Gasteiger partial charge in [-0.15, -0.1) is 0 Å². The number of halogens is 6. The molecule has 2 aromatic rings. The summed E-state index contributed by atoms with van der Waals surface area (Å²) in [7, 11) is 0. The molecule has 6 nitrogen and oxygen atoms in total. The van der Waals surface area contributed by atoms with Crippen LogP contribution in [0.3, 0.4) is 0 Å². The molecule has 184 valence electrons. The van der Waals surface area contributed by atoms with Crippen LogP contribution in [-0.2, 0) is 15.7 Å². The molecular formula is C22H21F6N3O3. The molecule has 2 amide bonds. The van der Waals surface area contributed by atoms with Gasteiger partial charge in [-0.25, -0.2) is 4.98 Å². The van der Waals surface area contributed by atoms with Crippen molar-refractivity contribution >= 4 is 22.7 Å². The van der Waals surface area contributed by atoms with E-state index in [1.807, 2.05) is 0 Å². The zero-order valence-electron chi connectivity index (χ0n) is 17.7. The molecule has 0 radical (unpaired) electrons. The predicted octanol–water partition coefficient (Wildman–Crippen LogP) is 4.36. The van der Waals surface area contributed by atoms with Gasteiger partial charge in [-0.05, 0) is 37.1 Å². The van der Waals surface area contributed by atoms with E-state index in [4.69, 9.17) is 4.74 Å². The maximum Gasteiger partial charge on any atom is 0.416 e. The molecule has 0 atom stereocenters. The van der Waals surface area contributed by atoms with Crippen molar-refractivity contribution < 1.29 is 40.7 Å². The van der Waals surface area contributed by atoms with E-state index in [1.165, 1.54) is 18.2 Å². The Hall–Kier alpha value is -3.15. The summed E-state index contributed by atoms with van der Waals surface area (Å²) in [4.78, 5) is 28.1. The highest BCUT2D eigenvalue weighted by molar-refractivity contribution is 5.95. The average molecular weight is 489 g/mol. The van der Waals surface area contributed by atoms with E-state index >= 15 is 0 Å². The van der Waals surface area contributed by atoms with E-state index in [0.717, 1.165) is 12.1 Å². The molecule has 1 aliphatic rings. The van der Waals surface area contributed by atoms with Crippen LogP contribution in [0.4, 0.5) is 26.3 Å². The summed E-state index contributed by atoms with van der Waals surface area (Å²) in [5.74, 6) is -2.52. The van der Waals surface area contributed by atoms with Crippen molar-refractivity contribution in [2.45, 2.75) is 37.7 Å². The van der Waals surface area contributed by atoms with Gasteiger partial charge in [0.2, 0.25) is 5.91 Å². The number of nitrogens with zero attached hydrogens (tertiary/aromatic N) is 1. The zero-order chi connectivity index (χ0) is 25.1. The van der Waals surface area contributed by atoms with Crippen molar-refractivity contribution in [2.75, 3.05) is 13.2 Å². The topological polar surface area (TPSA) is 80.3 Å². The van der Waals surface area contributed by atoms with Crippen LogP contribution in [-0.4, -0.2) is 42.2 Å². The number of aromatic nitrogens is 1. The van der Waals surface area contributed by atoms with E-state index in [1.54, 1.807) is 0 Å². The van der Waals surface area contributed by atoms with Crippen molar-refractivity contribution in [3.63, 3.8) is 0 Å². The van der Waals surface area contributed by atoms with Crippen molar-refractivity contribution in [2.24, 2.45) is 5.92 Å². The van der Waals surface area contributed by atoms with E-state index in [9.17, 15) is 35.9 Å². The summed E-state index contributed by atoms with van der Waals surface area (Å²) in [6.45, 7) is 3.32. The second kappa shape index (κ2) is 10.00. The van der Waals surface area contributed by atoms with Crippen LogP contribution in [0.5, 0.6) is 0 Å². The summed E-state index contributed by atoms with van der Waals surface area (Å²) in [6.07, 6.45) is -9.52. The normalized spacial score (nSPS) is 18.3. The van der Waals surface area contributed by atoms with Gasteiger partial charge in [0.05, 0.1) is 23.1 Å². The summed E-state index contributed by atoms with van der Waals surface area (Å²) in [5.41, 5.74) is -0.316. The van der Waals surface area contributed by atoms with Gasteiger partial charge in [-0.2, -0.15) is 26.3 Å². The Labute approximate surface area is 190 Å². The molecular weight excluding hydrogens is 468 g/mol. The molecule has 1 aromatic heterocycles. The van der Waals surface area contributed by atoms with Gasteiger partial charge >= 0.3 is 12.4 Å². The fourth-order valence-electron chi connectivity index (χ4n) is 3.30. The van der Waals surface area contributed by atoms with Crippen LogP contribution >= 0.6 is 0 Å². The van der Waals surface area contributed by atoms with Gasteiger partial charge in [0.1, 0.15) is 12.3 Å². The fourth-order valence-corrected chi connectivity index (χ4v) is 3.30. The number of benzene rings is 1. The van der Waals surface area contributed by atoms with Crippen LogP contribution in [0.1, 0.15) is 35.3 Å². The monoisotopic (exact) mass is 489 g/mol. The minimum atomic E-state index is -4.48. The molecule has 1 saturated carbocycles. The first-order valence-corrected chi connectivity index (χ1v) is 10.2. The third-order valence-electron chi connectivity index (χ3n) is 5.29. The highest BCUT2D eigenvalue weighted by Crippen LogP contribution is 2.42. The van der Waals surface area contributed by atoms with Crippen molar-refractivity contribution in [3.8, 4) is 0 Å². The van der Waals surface area contributed by atoms with E-state index < -0.39 is 48.4 Å². The third-order valence-corrected chi connectivity index (χ3v) is 5.29. The molecule has 2 N–H and O–H groups in total.